The highest BCUT2D eigenvalue weighted by Crippen LogP contribution is 2.34. The third-order valence-electron chi connectivity index (χ3n) is 3.94. The Morgan fingerprint density at radius 2 is 2.39 bits per heavy atom. The van der Waals surface area contributed by atoms with Gasteiger partial charge >= 0.3 is 0 Å². The number of imidazole rings is 1. The molecule has 0 saturated carbocycles. The third-order valence-corrected chi connectivity index (χ3v) is 3.94. The number of carbonyl (C=O) groups excluding carboxylic acids is 1. The van der Waals surface area contributed by atoms with Crippen LogP contribution in [0.4, 0.5) is 0 Å². The summed E-state index contributed by atoms with van der Waals surface area (Å²) >= 11 is 0. The molecular formula is C14H23N3O. The fourth-order valence-corrected chi connectivity index (χ4v) is 2.98. The highest BCUT2D eigenvalue weighted by molar-refractivity contribution is 5.98. The first-order valence-electron chi connectivity index (χ1n) is 7.00. The molecule has 1 N–H and O–H groups in total. The molecule has 1 atom stereocenters. The summed E-state index contributed by atoms with van der Waals surface area (Å²) < 4.78 is 1.95. The number of rotatable bonds is 5. The van der Waals surface area contributed by atoms with Gasteiger partial charge in [0.2, 0.25) is 5.78 Å². The Balaban J connectivity index is 2.28. The minimum atomic E-state index is -0.231. The zero-order valence-corrected chi connectivity index (χ0v) is 11.4. The number of nitrogens with zero attached hydrogens (tertiary/aromatic N) is 2. The topological polar surface area (TPSA) is 46.9 Å². The van der Waals surface area contributed by atoms with Crippen LogP contribution in [0.15, 0.2) is 12.4 Å². The van der Waals surface area contributed by atoms with Gasteiger partial charge in [0.15, 0.2) is 5.82 Å². The van der Waals surface area contributed by atoms with E-state index in [1.807, 2.05) is 17.7 Å². The summed E-state index contributed by atoms with van der Waals surface area (Å²) in [6.45, 7) is 6.83. The molecule has 1 fully saturated rings. The molecule has 2 rings (SSSR count). The average molecular weight is 249 g/mol. The number of carbonyl (C=O) groups is 1. The van der Waals surface area contributed by atoms with Crippen LogP contribution in [0, 0.1) is 5.41 Å². The van der Waals surface area contributed by atoms with Crippen molar-refractivity contribution >= 4 is 5.78 Å². The molecule has 1 aliphatic rings. The second-order valence-electron chi connectivity index (χ2n) is 5.18. The monoisotopic (exact) mass is 249 g/mol. The van der Waals surface area contributed by atoms with Gasteiger partial charge in [-0.2, -0.15) is 0 Å². The van der Waals surface area contributed by atoms with Crippen LogP contribution < -0.4 is 5.32 Å². The van der Waals surface area contributed by atoms with Crippen LogP contribution in [0.3, 0.4) is 0 Å². The predicted molar refractivity (Wildman–Crippen MR) is 71.7 cm³/mol. The Morgan fingerprint density at radius 1 is 1.56 bits per heavy atom. The van der Waals surface area contributed by atoms with E-state index in [-0.39, 0.29) is 11.2 Å². The smallest absolute Gasteiger partial charge is 0.205 e. The first-order valence-corrected chi connectivity index (χ1v) is 7.00. The maximum absolute atomic E-state index is 12.8. The lowest BCUT2D eigenvalue weighted by Gasteiger charge is -2.35. The molecule has 4 nitrogen and oxygen atoms in total. The Morgan fingerprint density at radius 3 is 3.00 bits per heavy atom. The van der Waals surface area contributed by atoms with E-state index in [4.69, 9.17) is 0 Å². The number of piperidine rings is 1. The molecule has 0 amide bonds. The largest absolute Gasteiger partial charge is 0.329 e. The molecule has 0 radical (unpaired) electrons. The van der Waals surface area contributed by atoms with Crippen molar-refractivity contribution < 1.29 is 4.79 Å². The maximum Gasteiger partial charge on any atom is 0.205 e. The van der Waals surface area contributed by atoms with E-state index in [9.17, 15) is 4.79 Å². The van der Waals surface area contributed by atoms with Gasteiger partial charge in [-0.3, -0.25) is 4.79 Å². The van der Waals surface area contributed by atoms with Gasteiger partial charge in [0.25, 0.3) is 0 Å². The van der Waals surface area contributed by atoms with Gasteiger partial charge in [-0.1, -0.05) is 13.3 Å². The molecule has 1 aromatic rings. The lowest BCUT2D eigenvalue weighted by Crippen LogP contribution is -2.46. The van der Waals surface area contributed by atoms with Gasteiger partial charge in [-0.15, -0.1) is 0 Å². The summed E-state index contributed by atoms with van der Waals surface area (Å²) in [5.74, 6) is 0.859. The molecule has 1 saturated heterocycles. The highest BCUT2D eigenvalue weighted by Gasteiger charge is 2.40. The standard InChI is InChI=1S/C14H23N3O/c1-3-6-14(7-5-8-15-11-14)12(18)13-16-9-10-17(13)4-2/h9-10,15H,3-8,11H2,1-2H3. The first kappa shape index (κ1) is 13.3. The average Bonchev–Trinajstić information content (AvgIpc) is 2.87. The van der Waals surface area contributed by atoms with Gasteiger partial charge in [-0.25, -0.2) is 4.98 Å². The lowest BCUT2D eigenvalue weighted by atomic mass is 9.73. The zero-order valence-electron chi connectivity index (χ0n) is 11.4. The van der Waals surface area contributed by atoms with E-state index in [0.29, 0.717) is 5.82 Å². The summed E-state index contributed by atoms with van der Waals surface area (Å²) in [7, 11) is 0. The quantitative estimate of drug-likeness (QED) is 0.814. The second-order valence-corrected chi connectivity index (χ2v) is 5.18. The summed E-state index contributed by atoms with van der Waals surface area (Å²) in [5, 5.41) is 3.38. The lowest BCUT2D eigenvalue weighted by molar-refractivity contribution is 0.0701. The number of aryl methyl sites for hydroxylation is 1. The Kier molecular flexibility index (Phi) is 4.17. The summed E-state index contributed by atoms with van der Waals surface area (Å²) in [5.41, 5.74) is -0.231. The van der Waals surface area contributed by atoms with Gasteiger partial charge in [0, 0.05) is 30.9 Å². The predicted octanol–water partition coefficient (Wildman–Crippen LogP) is 2.26. The number of aromatic nitrogens is 2. The van der Waals surface area contributed by atoms with E-state index < -0.39 is 0 Å². The van der Waals surface area contributed by atoms with Gasteiger partial charge in [0.05, 0.1) is 0 Å². The second kappa shape index (κ2) is 5.65. The van der Waals surface area contributed by atoms with Crippen molar-refractivity contribution in [1.82, 2.24) is 14.9 Å². The number of hydrogen-bond acceptors (Lipinski definition) is 3. The van der Waals surface area contributed by atoms with Gasteiger partial charge in [0.1, 0.15) is 0 Å². The Bertz CT molecular complexity index is 399. The van der Waals surface area contributed by atoms with E-state index in [2.05, 4.69) is 17.2 Å². The van der Waals surface area contributed by atoms with Crippen molar-refractivity contribution in [2.75, 3.05) is 13.1 Å². The molecular weight excluding hydrogens is 226 g/mol. The van der Waals surface area contributed by atoms with Crippen LogP contribution in [0.5, 0.6) is 0 Å². The Labute approximate surface area is 109 Å². The van der Waals surface area contributed by atoms with Crippen molar-refractivity contribution in [3.05, 3.63) is 18.2 Å². The highest BCUT2D eigenvalue weighted by atomic mass is 16.1. The van der Waals surface area contributed by atoms with Crippen molar-refractivity contribution in [2.24, 2.45) is 5.41 Å². The van der Waals surface area contributed by atoms with Crippen LogP contribution in [0.2, 0.25) is 0 Å². The summed E-state index contributed by atoms with van der Waals surface area (Å²) in [6.07, 6.45) is 7.69. The van der Waals surface area contributed by atoms with E-state index >= 15 is 0 Å². The van der Waals surface area contributed by atoms with Crippen LogP contribution in [-0.2, 0) is 6.54 Å². The van der Waals surface area contributed by atoms with Crippen molar-refractivity contribution in [2.45, 2.75) is 46.1 Å². The van der Waals surface area contributed by atoms with Crippen LogP contribution >= 0.6 is 0 Å². The Hall–Kier alpha value is -1.16. The fourth-order valence-electron chi connectivity index (χ4n) is 2.98. The van der Waals surface area contributed by atoms with E-state index in [1.165, 1.54) is 0 Å². The molecule has 0 aliphatic carbocycles. The number of hydrogen-bond donors (Lipinski definition) is 1. The van der Waals surface area contributed by atoms with Crippen molar-refractivity contribution in [3.8, 4) is 0 Å². The van der Waals surface area contributed by atoms with E-state index in [0.717, 1.165) is 45.3 Å². The van der Waals surface area contributed by atoms with Crippen molar-refractivity contribution in [1.29, 1.82) is 0 Å². The normalized spacial score (nSPS) is 24.1. The molecule has 0 bridgehead atoms. The maximum atomic E-state index is 12.8. The molecule has 1 aliphatic heterocycles. The van der Waals surface area contributed by atoms with Crippen LogP contribution in [-0.4, -0.2) is 28.4 Å². The summed E-state index contributed by atoms with van der Waals surface area (Å²) in [4.78, 5) is 17.1. The van der Waals surface area contributed by atoms with Crippen molar-refractivity contribution in [3.63, 3.8) is 0 Å². The van der Waals surface area contributed by atoms with Gasteiger partial charge < -0.3 is 9.88 Å². The van der Waals surface area contributed by atoms with Crippen LogP contribution in [0.25, 0.3) is 0 Å². The molecule has 0 aromatic carbocycles. The number of ketones is 1. The minimum absolute atomic E-state index is 0.225. The number of nitrogens with one attached hydrogen (secondary N) is 1. The SMILES string of the molecule is CCCC1(C(=O)c2nccn2CC)CCCNC1. The first-order chi connectivity index (χ1) is 8.73. The molecule has 2 heterocycles. The van der Waals surface area contributed by atoms with E-state index in [1.54, 1.807) is 6.20 Å². The molecule has 1 unspecified atom stereocenters. The molecule has 4 heteroatoms. The number of Topliss-reactive ketones (excluding diaryl/α,β-unsaturated/α-hetero) is 1. The molecule has 1 aromatic heterocycles. The van der Waals surface area contributed by atoms with Crippen LogP contribution in [0.1, 0.15) is 50.1 Å². The molecule has 0 spiro atoms. The van der Waals surface area contributed by atoms with Gasteiger partial charge in [-0.05, 0) is 32.7 Å². The minimum Gasteiger partial charge on any atom is -0.329 e. The third kappa shape index (κ3) is 2.34. The zero-order chi connectivity index (χ0) is 13.0. The molecule has 18 heavy (non-hydrogen) atoms. The summed E-state index contributed by atoms with van der Waals surface area (Å²) in [6, 6.07) is 0. The molecule has 100 valence electrons. The fraction of sp³-hybridized carbons (Fsp3) is 0.714.